The first-order chi connectivity index (χ1) is 11.7. The van der Waals surface area contributed by atoms with Crippen molar-refractivity contribution in [1.29, 1.82) is 0 Å². The van der Waals surface area contributed by atoms with Gasteiger partial charge >= 0.3 is 0 Å². The summed E-state index contributed by atoms with van der Waals surface area (Å²) in [7, 11) is 1.69. The van der Waals surface area contributed by atoms with E-state index >= 15 is 0 Å². The monoisotopic (exact) mass is 328 g/mol. The molecule has 1 aromatic carbocycles. The lowest BCUT2D eigenvalue weighted by Gasteiger charge is -2.32. The molecule has 0 N–H and O–H groups in total. The highest BCUT2D eigenvalue weighted by atomic mass is 16.5. The number of oxazole rings is 1. The largest absolute Gasteiger partial charge is 0.497 e. The molecule has 1 aliphatic rings. The normalized spacial score (nSPS) is 17.8. The van der Waals surface area contributed by atoms with Crippen LogP contribution < -0.4 is 4.74 Å². The highest BCUT2D eigenvalue weighted by Crippen LogP contribution is 2.24. The van der Waals surface area contributed by atoms with Crippen LogP contribution >= 0.6 is 0 Å². The second kappa shape index (κ2) is 7.51. The van der Waals surface area contributed by atoms with E-state index in [2.05, 4.69) is 17.1 Å². The number of carbonyl (C=O) groups is 1. The van der Waals surface area contributed by atoms with E-state index in [9.17, 15) is 4.79 Å². The first-order valence-corrected chi connectivity index (χ1v) is 8.49. The van der Waals surface area contributed by atoms with E-state index in [-0.39, 0.29) is 5.91 Å². The Hall–Kier alpha value is -2.30. The highest BCUT2D eigenvalue weighted by Gasteiger charge is 2.27. The fraction of sp³-hybridized carbons (Fsp3) is 0.474. The summed E-state index contributed by atoms with van der Waals surface area (Å²) in [6.45, 7) is 3.40. The number of carbonyl (C=O) groups excluding carboxylic acids is 1. The Labute approximate surface area is 142 Å². The Morgan fingerprint density at radius 1 is 1.46 bits per heavy atom. The third-order valence-corrected chi connectivity index (χ3v) is 4.72. The summed E-state index contributed by atoms with van der Waals surface area (Å²) in [5.41, 5.74) is 1.95. The molecule has 0 aliphatic carbocycles. The molecule has 0 radical (unpaired) electrons. The molecule has 0 saturated carbocycles. The molecule has 5 nitrogen and oxygen atoms in total. The van der Waals surface area contributed by atoms with Gasteiger partial charge in [0.05, 0.1) is 12.8 Å². The Morgan fingerprint density at radius 2 is 2.33 bits per heavy atom. The standard InChI is InChI=1S/C19H24N2O3/c1-14-18(24-13-20-14)19(22)21-10-4-6-16(12-21)9-8-15-5-3-7-17(11-15)23-2/h3,5,7,11,13,16H,4,6,8-10,12H2,1-2H3/t16-/m1/s1. The minimum atomic E-state index is -0.0314. The van der Waals surface area contributed by atoms with Crippen molar-refractivity contribution in [2.75, 3.05) is 20.2 Å². The van der Waals surface area contributed by atoms with Crippen LogP contribution in [0.25, 0.3) is 0 Å². The first-order valence-electron chi connectivity index (χ1n) is 8.49. The smallest absolute Gasteiger partial charge is 0.291 e. The molecule has 0 spiro atoms. The fourth-order valence-electron chi connectivity index (χ4n) is 3.33. The van der Waals surface area contributed by atoms with E-state index in [1.165, 1.54) is 18.4 Å². The van der Waals surface area contributed by atoms with E-state index in [4.69, 9.17) is 9.15 Å². The molecule has 24 heavy (non-hydrogen) atoms. The van der Waals surface area contributed by atoms with Gasteiger partial charge in [-0.05, 0) is 56.2 Å². The van der Waals surface area contributed by atoms with E-state index in [1.807, 2.05) is 17.0 Å². The number of benzene rings is 1. The lowest BCUT2D eigenvalue weighted by molar-refractivity contribution is 0.0635. The molecule has 2 aromatic rings. The van der Waals surface area contributed by atoms with Crippen LogP contribution in [0.15, 0.2) is 35.1 Å². The van der Waals surface area contributed by atoms with Crippen LogP contribution in [0, 0.1) is 12.8 Å². The van der Waals surface area contributed by atoms with E-state index < -0.39 is 0 Å². The minimum Gasteiger partial charge on any atom is -0.497 e. The topological polar surface area (TPSA) is 55.6 Å². The SMILES string of the molecule is COc1cccc(CC[C@H]2CCCN(C(=O)c3ocnc3C)C2)c1. The van der Waals surface area contributed by atoms with Gasteiger partial charge in [-0.15, -0.1) is 0 Å². The van der Waals surface area contributed by atoms with E-state index in [1.54, 1.807) is 14.0 Å². The Morgan fingerprint density at radius 3 is 3.08 bits per heavy atom. The molecule has 5 heteroatoms. The Bertz CT molecular complexity index is 695. The number of hydrogen-bond donors (Lipinski definition) is 0. The number of ether oxygens (including phenoxy) is 1. The van der Waals surface area contributed by atoms with Crippen molar-refractivity contribution in [1.82, 2.24) is 9.88 Å². The maximum atomic E-state index is 12.6. The third kappa shape index (κ3) is 3.78. The van der Waals surface area contributed by atoms with Gasteiger partial charge in [0, 0.05) is 13.1 Å². The van der Waals surface area contributed by atoms with Crippen LogP contribution in [0.2, 0.25) is 0 Å². The molecule has 1 aromatic heterocycles. The molecular formula is C19H24N2O3. The average Bonchev–Trinajstić information content (AvgIpc) is 3.05. The predicted octanol–water partition coefficient (Wildman–Crippen LogP) is 3.48. The molecule has 1 atom stereocenters. The maximum Gasteiger partial charge on any atom is 0.291 e. The summed E-state index contributed by atoms with van der Waals surface area (Å²) >= 11 is 0. The minimum absolute atomic E-state index is 0.0314. The number of rotatable bonds is 5. The van der Waals surface area contributed by atoms with Crippen molar-refractivity contribution < 1.29 is 13.9 Å². The predicted molar refractivity (Wildman–Crippen MR) is 91.2 cm³/mol. The van der Waals surface area contributed by atoms with Crippen LogP contribution in [0.5, 0.6) is 5.75 Å². The molecule has 2 heterocycles. The van der Waals surface area contributed by atoms with Gasteiger partial charge < -0.3 is 14.1 Å². The van der Waals surface area contributed by atoms with Crippen LogP contribution in [0.4, 0.5) is 0 Å². The maximum absolute atomic E-state index is 12.6. The van der Waals surface area contributed by atoms with Crippen LogP contribution in [-0.2, 0) is 6.42 Å². The van der Waals surface area contributed by atoms with Gasteiger partial charge in [-0.2, -0.15) is 0 Å². The summed E-state index contributed by atoms with van der Waals surface area (Å²) in [4.78, 5) is 18.5. The van der Waals surface area contributed by atoms with Gasteiger partial charge in [0.2, 0.25) is 5.76 Å². The van der Waals surface area contributed by atoms with Crippen LogP contribution in [0.1, 0.15) is 41.1 Å². The second-order valence-electron chi connectivity index (χ2n) is 6.42. The molecule has 128 valence electrons. The zero-order valence-electron chi connectivity index (χ0n) is 14.3. The lowest BCUT2D eigenvalue weighted by atomic mass is 9.91. The molecule has 1 fully saturated rings. The summed E-state index contributed by atoms with van der Waals surface area (Å²) in [5, 5.41) is 0. The zero-order chi connectivity index (χ0) is 16.9. The molecule has 0 bridgehead atoms. The number of aryl methyl sites for hydroxylation is 2. The van der Waals surface area contributed by atoms with Crippen molar-refractivity contribution in [2.45, 2.75) is 32.6 Å². The van der Waals surface area contributed by atoms with E-state index in [0.717, 1.165) is 38.1 Å². The van der Waals surface area contributed by atoms with E-state index in [0.29, 0.717) is 17.4 Å². The molecule has 3 rings (SSSR count). The number of hydrogen-bond acceptors (Lipinski definition) is 4. The summed E-state index contributed by atoms with van der Waals surface area (Å²) in [6, 6.07) is 8.21. The summed E-state index contributed by atoms with van der Waals surface area (Å²) in [6.07, 6.45) is 5.63. The van der Waals surface area contributed by atoms with Crippen molar-refractivity contribution in [3.63, 3.8) is 0 Å². The molecule has 0 unspecified atom stereocenters. The van der Waals surface area contributed by atoms with Crippen molar-refractivity contribution in [3.05, 3.63) is 47.7 Å². The molecule has 1 saturated heterocycles. The molecular weight excluding hydrogens is 304 g/mol. The van der Waals surface area contributed by atoms with Crippen LogP contribution in [-0.4, -0.2) is 36.0 Å². The van der Waals surface area contributed by atoms with Gasteiger partial charge in [-0.1, -0.05) is 12.1 Å². The van der Waals surface area contributed by atoms with Gasteiger partial charge in [-0.25, -0.2) is 4.98 Å². The Balaban J connectivity index is 1.57. The zero-order valence-corrected chi connectivity index (χ0v) is 14.3. The lowest BCUT2D eigenvalue weighted by Crippen LogP contribution is -2.40. The highest BCUT2D eigenvalue weighted by molar-refractivity contribution is 5.92. The second-order valence-corrected chi connectivity index (χ2v) is 6.42. The van der Waals surface area contributed by atoms with Crippen molar-refractivity contribution >= 4 is 5.91 Å². The first kappa shape index (κ1) is 16.6. The number of piperidine rings is 1. The van der Waals surface area contributed by atoms with Gasteiger partial charge in [0.25, 0.3) is 5.91 Å². The number of likely N-dealkylation sites (tertiary alicyclic amines) is 1. The summed E-state index contributed by atoms with van der Waals surface area (Å²) in [5.74, 6) is 1.77. The van der Waals surface area contributed by atoms with Gasteiger partial charge in [0.15, 0.2) is 6.39 Å². The third-order valence-electron chi connectivity index (χ3n) is 4.72. The van der Waals surface area contributed by atoms with Gasteiger partial charge in [-0.3, -0.25) is 4.79 Å². The summed E-state index contributed by atoms with van der Waals surface area (Å²) < 4.78 is 10.5. The fourth-order valence-corrected chi connectivity index (χ4v) is 3.33. The number of amides is 1. The number of aromatic nitrogens is 1. The molecule has 1 amide bonds. The quantitative estimate of drug-likeness (QED) is 0.843. The molecule has 1 aliphatic heterocycles. The van der Waals surface area contributed by atoms with Gasteiger partial charge in [0.1, 0.15) is 5.75 Å². The van der Waals surface area contributed by atoms with Crippen LogP contribution in [0.3, 0.4) is 0 Å². The number of nitrogens with zero attached hydrogens (tertiary/aromatic N) is 2. The van der Waals surface area contributed by atoms with Crippen molar-refractivity contribution in [3.8, 4) is 5.75 Å². The Kier molecular flexibility index (Phi) is 5.18. The number of methoxy groups -OCH3 is 1. The average molecular weight is 328 g/mol. The van der Waals surface area contributed by atoms with Crippen molar-refractivity contribution in [2.24, 2.45) is 5.92 Å².